The summed E-state index contributed by atoms with van der Waals surface area (Å²) in [6.07, 6.45) is 2.63. The molecule has 1 saturated carbocycles. The average molecular weight is 209 g/mol. The molecule has 1 aromatic carbocycles. The van der Waals surface area contributed by atoms with Gasteiger partial charge < -0.3 is 10.1 Å². The lowest BCUT2D eigenvalue weighted by Crippen LogP contribution is -2.10. The molecule has 0 bridgehead atoms. The Kier molecular flexibility index (Phi) is 3.56. The van der Waals surface area contributed by atoms with Crippen molar-refractivity contribution in [1.29, 1.82) is 0 Å². The van der Waals surface area contributed by atoms with Crippen molar-refractivity contribution in [3.63, 3.8) is 0 Å². The molecule has 0 spiro atoms. The zero-order valence-corrected chi connectivity index (χ0v) is 8.71. The third-order valence-corrected chi connectivity index (χ3v) is 2.45. The van der Waals surface area contributed by atoms with Gasteiger partial charge in [-0.15, -0.1) is 0 Å². The molecule has 1 aliphatic rings. The number of nitrogens with one attached hydrogen (secondary N) is 1. The summed E-state index contributed by atoms with van der Waals surface area (Å²) in [6.45, 7) is 2.30. The fourth-order valence-corrected chi connectivity index (χ4v) is 1.40. The molecule has 0 unspecified atom stereocenters. The largest absolute Gasteiger partial charge is 0.383 e. The second kappa shape index (κ2) is 5.12. The van der Waals surface area contributed by atoms with Crippen molar-refractivity contribution in [3.05, 3.63) is 30.1 Å². The molecular formula is C12H16FNO. The summed E-state index contributed by atoms with van der Waals surface area (Å²) < 4.78 is 18.2. The molecule has 3 heteroatoms. The molecule has 0 atom stereocenters. The van der Waals surface area contributed by atoms with Gasteiger partial charge in [0.1, 0.15) is 5.82 Å². The van der Waals surface area contributed by atoms with E-state index in [-0.39, 0.29) is 5.82 Å². The van der Waals surface area contributed by atoms with Crippen LogP contribution in [-0.4, -0.2) is 19.8 Å². The van der Waals surface area contributed by atoms with Gasteiger partial charge in [-0.05, 0) is 37.0 Å². The summed E-state index contributed by atoms with van der Waals surface area (Å²) in [5.74, 6) is 0.595. The lowest BCUT2D eigenvalue weighted by atomic mass is 10.3. The van der Waals surface area contributed by atoms with Gasteiger partial charge in [0.2, 0.25) is 0 Å². The number of benzene rings is 1. The summed E-state index contributed by atoms with van der Waals surface area (Å²) in [7, 11) is 0. The molecule has 82 valence electrons. The molecule has 2 rings (SSSR count). The number of anilines is 1. The van der Waals surface area contributed by atoms with Gasteiger partial charge in [0.05, 0.1) is 6.61 Å². The Morgan fingerprint density at radius 2 is 2.27 bits per heavy atom. The van der Waals surface area contributed by atoms with Crippen LogP contribution in [0.2, 0.25) is 0 Å². The van der Waals surface area contributed by atoms with Gasteiger partial charge in [-0.1, -0.05) is 6.07 Å². The first-order chi connectivity index (χ1) is 7.34. The normalized spacial score (nSPS) is 15.3. The van der Waals surface area contributed by atoms with Gasteiger partial charge in [-0.3, -0.25) is 0 Å². The van der Waals surface area contributed by atoms with Gasteiger partial charge in [0, 0.05) is 18.8 Å². The van der Waals surface area contributed by atoms with E-state index in [1.165, 1.54) is 25.0 Å². The predicted molar refractivity (Wildman–Crippen MR) is 58.4 cm³/mol. The molecule has 0 amide bonds. The van der Waals surface area contributed by atoms with E-state index in [0.717, 1.165) is 24.8 Å². The van der Waals surface area contributed by atoms with Gasteiger partial charge in [-0.2, -0.15) is 0 Å². The topological polar surface area (TPSA) is 21.3 Å². The number of rotatable bonds is 6. The lowest BCUT2D eigenvalue weighted by Gasteiger charge is -2.06. The maximum Gasteiger partial charge on any atom is 0.125 e. The molecule has 0 radical (unpaired) electrons. The van der Waals surface area contributed by atoms with Crippen LogP contribution in [0.4, 0.5) is 10.1 Å². The Hall–Kier alpha value is -1.09. The highest BCUT2D eigenvalue weighted by molar-refractivity contribution is 5.42. The minimum atomic E-state index is -0.209. The zero-order chi connectivity index (χ0) is 10.5. The minimum absolute atomic E-state index is 0.209. The standard InChI is InChI=1S/C12H16FNO/c13-11-2-1-3-12(8-11)14-6-7-15-9-10-4-5-10/h1-3,8,10,14H,4-7,9H2. The number of halogens is 1. The van der Waals surface area contributed by atoms with Gasteiger partial charge in [-0.25, -0.2) is 4.39 Å². The van der Waals surface area contributed by atoms with Crippen LogP contribution >= 0.6 is 0 Å². The van der Waals surface area contributed by atoms with Crippen molar-refractivity contribution >= 4 is 5.69 Å². The highest BCUT2D eigenvalue weighted by atomic mass is 19.1. The van der Waals surface area contributed by atoms with Crippen molar-refractivity contribution in [2.45, 2.75) is 12.8 Å². The molecule has 0 aliphatic heterocycles. The highest BCUT2D eigenvalue weighted by Crippen LogP contribution is 2.28. The molecule has 1 fully saturated rings. The first-order valence-electron chi connectivity index (χ1n) is 5.42. The van der Waals surface area contributed by atoms with Gasteiger partial charge in [0.25, 0.3) is 0 Å². The summed E-state index contributed by atoms with van der Waals surface area (Å²) in [5, 5.41) is 3.11. The first kappa shape index (κ1) is 10.4. The predicted octanol–water partition coefficient (Wildman–Crippen LogP) is 2.66. The third-order valence-electron chi connectivity index (χ3n) is 2.45. The number of hydrogen-bond acceptors (Lipinski definition) is 2. The van der Waals surface area contributed by atoms with Crippen molar-refractivity contribution in [1.82, 2.24) is 0 Å². The second-order valence-electron chi connectivity index (χ2n) is 3.96. The minimum Gasteiger partial charge on any atom is -0.383 e. The number of ether oxygens (including phenoxy) is 1. The SMILES string of the molecule is Fc1cccc(NCCOCC2CC2)c1. The Bertz CT molecular complexity index is 312. The van der Waals surface area contributed by atoms with E-state index in [2.05, 4.69) is 5.32 Å². The van der Waals surface area contributed by atoms with Gasteiger partial charge in [0.15, 0.2) is 0 Å². The van der Waals surface area contributed by atoms with E-state index in [0.29, 0.717) is 6.61 Å². The Morgan fingerprint density at radius 3 is 3.00 bits per heavy atom. The van der Waals surface area contributed by atoms with Crippen LogP contribution in [0.25, 0.3) is 0 Å². The smallest absolute Gasteiger partial charge is 0.125 e. The molecule has 15 heavy (non-hydrogen) atoms. The first-order valence-corrected chi connectivity index (χ1v) is 5.42. The quantitative estimate of drug-likeness (QED) is 0.727. The molecular weight excluding hydrogens is 193 g/mol. The van der Waals surface area contributed by atoms with Gasteiger partial charge >= 0.3 is 0 Å². The van der Waals surface area contributed by atoms with Crippen molar-refractivity contribution in [3.8, 4) is 0 Å². The van der Waals surface area contributed by atoms with Crippen LogP contribution in [0.1, 0.15) is 12.8 Å². The second-order valence-corrected chi connectivity index (χ2v) is 3.96. The van der Waals surface area contributed by atoms with Crippen molar-refractivity contribution in [2.24, 2.45) is 5.92 Å². The van der Waals surface area contributed by atoms with Crippen LogP contribution < -0.4 is 5.32 Å². The Morgan fingerprint density at radius 1 is 1.40 bits per heavy atom. The zero-order valence-electron chi connectivity index (χ0n) is 8.71. The van der Waals surface area contributed by atoms with Crippen LogP contribution in [-0.2, 0) is 4.74 Å². The third kappa shape index (κ3) is 3.88. The molecule has 1 N–H and O–H groups in total. The molecule has 0 aromatic heterocycles. The molecule has 0 heterocycles. The fourth-order valence-electron chi connectivity index (χ4n) is 1.40. The molecule has 1 aliphatic carbocycles. The van der Waals surface area contributed by atoms with Crippen molar-refractivity contribution in [2.75, 3.05) is 25.1 Å². The van der Waals surface area contributed by atoms with E-state index in [9.17, 15) is 4.39 Å². The number of hydrogen-bond donors (Lipinski definition) is 1. The van der Waals surface area contributed by atoms with Crippen LogP contribution in [0.5, 0.6) is 0 Å². The van der Waals surface area contributed by atoms with Crippen LogP contribution in [0, 0.1) is 11.7 Å². The Balaban J connectivity index is 1.60. The van der Waals surface area contributed by atoms with Crippen molar-refractivity contribution < 1.29 is 9.13 Å². The Labute approximate surface area is 89.4 Å². The van der Waals surface area contributed by atoms with E-state index in [1.807, 2.05) is 6.07 Å². The van der Waals surface area contributed by atoms with Crippen LogP contribution in [0.3, 0.4) is 0 Å². The summed E-state index contributed by atoms with van der Waals surface area (Å²) >= 11 is 0. The van der Waals surface area contributed by atoms with E-state index in [1.54, 1.807) is 6.07 Å². The summed E-state index contributed by atoms with van der Waals surface area (Å²) in [4.78, 5) is 0. The fraction of sp³-hybridized carbons (Fsp3) is 0.500. The summed E-state index contributed by atoms with van der Waals surface area (Å²) in [6, 6.07) is 6.47. The highest BCUT2D eigenvalue weighted by Gasteiger charge is 2.20. The van der Waals surface area contributed by atoms with Crippen LogP contribution in [0.15, 0.2) is 24.3 Å². The molecule has 0 saturated heterocycles. The average Bonchev–Trinajstić information content (AvgIpc) is 3.01. The van der Waals surface area contributed by atoms with E-state index >= 15 is 0 Å². The summed E-state index contributed by atoms with van der Waals surface area (Å²) in [5.41, 5.74) is 0.810. The molecule has 2 nitrogen and oxygen atoms in total. The maximum atomic E-state index is 12.8. The van der Waals surface area contributed by atoms with E-state index < -0.39 is 0 Å². The monoisotopic (exact) mass is 209 g/mol. The van der Waals surface area contributed by atoms with E-state index in [4.69, 9.17) is 4.74 Å². The molecule has 1 aromatic rings. The maximum absolute atomic E-state index is 12.8. The lowest BCUT2D eigenvalue weighted by molar-refractivity contribution is 0.134.